The van der Waals surface area contributed by atoms with Crippen LogP contribution in [0.4, 0.5) is 0 Å². The van der Waals surface area contributed by atoms with E-state index in [0.717, 1.165) is 5.56 Å². The fourth-order valence-corrected chi connectivity index (χ4v) is 2.66. The lowest BCUT2D eigenvalue weighted by Gasteiger charge is -2.33. The van der Waals surface area contributed by atoms with Crippen LogP contribution in [0.2, 0.25) is 0 Å². The molecule has 2 unspecified atom stereocenters. The Hall–Kier alpha value is -1.82. The Kier molecular flexibility index (Phi) is 2.19. The Morgan fingerprint density at radius 3 is 3.06 bits per heavy atom. The van der Waals surface area contributed by atoms with Crippen molar-refractivity contribution >= 4 is 29.3 Å². The molecule has 3 heterocycles. The number of thiophene rings is 1. The van der Waals surface area contributed by atoms with Crippen molar-refractivity contribution in [2.75, 3.05) is 0 Å². The molecule has 1 aromatic rings. The average molecular weight is 251 g/mol. The summed E-state index contributed by atoms with van der Waals surface area (Å²) in [6.45, 7) is 0. The first-order valence-corrected chi connectivity index (χ1v) is 6.05. The van der Waals surface area contributed by atoms with Gasteiger partial charge in [-0.1, -0.05) is 0 Å². The van der Waals surface area contributed by atoms with E-state index in [1.54, 1.807) is 6.08 Å². The van der Waals surface area contributed by atoms with Crippen LogP contribution < -0.4 is 0 Å². The molecule has 0 radical (unpaired) electrons. The van der Waals surface area contributed by atoms with Crippen molar-refractivity contribution in [2.24, 2.45) is 0 Å². The Labute approximate surface area is 101 Å². The van der Waals surface area contributed by atoms with Gasteiger partial charge in [0.05, 0.1) is 6.42 Å². The molecule has 6 heteroatoms. The highest BCUT2D eigenvalue weighted by molar-refractivity contribution is 7.08. The van der Waals surface area contributed by atoms with Crippen LogP contribution in [-0.4, -0.2) is 34.2 Å². The standard InChI is InChI=1S/C11H9NO4S/c13-8-4-9-12(8)10(11(14)15)7(16-9)3-6-1-2-17-5-6/h1-3,5,9-10H,4H2,(H,14,15). The molecule has 0 saturated carbocycles. The number of nitrogens with zero attached hydrogens (tertiary/aromatic N) is 1. The van der Waals surface area contributed by atoms with Crippen LogP contribution in [-0.2, 0) is 14.3 Å². The third-order valence-electron chi connectivity index (χ3n) is 2.85. The van der Waals surface area contributed by atoms with Gasteiger partial charge in [0.2, 0.25) is 5.91 Å². The zero-order valence-electron chi connectivity index (χ0n) is 8.70. The van der Waals surface area contributed by atoms with Crippen LogP contribution in [0, 0.1) is 0 Å². The molecule has 1 N–H and O–H groups in total. The second-order valence-corrected chi connectivity index (χ2v) is 4.70. The molecule has 0 aliphatic carbocycles. The molecule has 88 valence electrons. The third kappa shape index (κ3) is 1.52. The quantitative estimate of drug-likeness (QED) is 0.800. The second kappa shape index (κ2) is 3.59. The molecular weight excluding hydrogens is 242 g/mol. The van der Waals surface area contributed by atoms with Gasteiger partial charge in [-0.2, -0.15) is 11.3 Å². The van der Waals surface area contributed by atoms with Crippen molar-refractivity contribution in [3.8, 4) is 0 Å². The summed E-state index contributed by atoms with van der Waals surface area (Å²) in [5, 5.41) is 12.9. The number of carbonyl (C=O) groups excluding carboxylic acids is 1. The van der Waals surface area contributed by atoms with E-state index in [1.165, 1.54) is 16.2 Å². The number of carboxylic acids is 1. The van der Waals surface area contributed by atoms with Gasteiger partial charge in [-0.05, 0) is 28.5 Å². The smallest absolute Gasteiger partial charge is 0.334 e. The van der Waals surface area contributed by atoms with E-state index in [2.05, 4.69) is 0 Å². The highest BCUT2D eigenvalue weighted by atomic mass is 32.1. The largest absolute Gasteiger partial charge is 0.479 e. The van der Waals surface area contributed by atoms with E-state index in [1.807, 2.05) is 16.8 Å². The fourth-order valence-electron chi connectivity index (χ4n) is 2.04. The first-order chi connectivity index (χ1) is 8.16. The number of ether oxygens (including phenoxy) is 1. The summed E-state index contributed by atoms with van der Waals surface area (Å²) in [6, 6.07) is 0.901. The number of β-lactam (4-membered cyclic amide) rings is 1. The van der Waals surface area contributed by atoms with Crippen molar-refractivity contribution in [1.29, 1.82) is 0 Å². The molecule has 1 aromatic heterocycles. The topological polar surface area (TPSA) is 66.8 Å². The van der Waals surface area contributed by atoms with Crippen LogP contribution in [0.15, 0.2) is 22.6 Å². The van der Waals surface area contributed by atoms with Gasteiger partial charge >= 0.3 is 5.97 Å². The minimum absolute atomic E-state index is 0.170. The number of fused-ring (bicyclic) bond motifs is 1. The summed E-state index contributed by atoms with van der Waals surface area (Å²) >= 11 is 1.52. The summed E-state index contributed by atoms with van der Waals surface area (Å²) in [7, 11) is 0. The molecule has 2 fully saturated rings. The number of amides is 1. The van der Waals surface area contributed by atoms with Gasteiger partial charge in [-0.15, -0.1) is 0 Å². The Balaban J connectivity index is 1.95. The van der Waals surface area contributed by atoms with Gasteiger partial charge in [0.15, 0.2) is 12.3 Å². The van der Waals surface area contributed by atoms with E-state index < -0.39 is 18.2 Å². The lowest BCUT2D eigenvalue weighted by atomic mass is 10.1. The van der Waals surface area contributed by atoms with Gasteiger partial charge in [-0.25, -0.2) is 4.79 Å². The molecular formula is C11H9NO4S. The van der Waals surface area contributed by atoms with E-state index in [-0.39, 0.29) is 12.3 Å². The average Bonchev–Trinajstić information content (AvgIpc) is 2.84. The van der Waals surface area contributed by atoms with Crippen molar-refractivity contribution in [3.05, 3.63) is 28.1 Å². The third-order valence-corrected chi connectivity index (χ3v) is 3.55. The highest BCUT2D eigenvalue weighted by Crippen LogP contribution is 2.37. The fraction of sp³-hybridized carbons (Fsp3) is 0.273. The number of hydrogen-bond donors (Lipinski definition) is 1. The maximum atomic E-state index is 11.3. The number of hydrogen-bond acceptors (Lipinski definition) is 4. The first kappa shape index (κ1) is 10.3. The summed E-state index contributed by atoms with van der Waals surface area (Å²) in [4.78, 5) is 23.8. The van der Waals surface area contributed by atoms with E-state index in [4.69, 9.17) is 9.84 Å². The molecule has 2 atom stereocenters. The first-order valence-electron chi connectivity index (χ1n) is 5.11. The van der Waals surface area contributed by atoms with Crippen LogP contribution in [0.25, 0.3) is 6.08 Å². The minimum Gasteiger partial charge on any atom is -0.479 e. The molecule has 0 bridgehead atoms. The zero-order valence-corrected chi connectivity index (χ0v) is 9.52. The van der Waals surface area contributed by atoms with Gasteiger partial charge < -0.3 is 9.84 Å². The van der Waals surface area contributed by atoms with E-state index >= 15 is 0 Å². The van der Waals surface area contributed by atoms with Crippen LogP contribution >= 0.6 is 11.3 Å². The van der Waals surface area contributed by atoms with Gasteiger partial charge in [0, 0.05) is 0 Å². The molecule has 3 rings (SSSR count). The summed E-state index contributed by atoms with van der Waals surface area (Å²) < 4.78 is 5.47. The van der Waals surface area contributed by atoms with Crippen molar-refractivity contribution < 1.29 is 19.4 Å². The molecule has 1 amide bonds. The Morgan fingerprint density at radius 1 is 1.65 bits per heavy atom. The van der Waals surface area contributed by atoms with Crippen LogP contribution in [0.1, 0.15) is 12.0 Å². The minimum atomic E-state index is -1.05. The summed E-state index contributed by atoms with van der Waals surface area (Å²) in [5.74, 6) is -0.884. The number of carbonyl (C=O) groups is 2. The normalized spacial score (nSPS) is 28.8. The second-order valence-electron chi connectivity index (χ2n) is 3.92. The van der Waals surface area contributed by atoms with Crippen molar-refractivity contribution in [3.63, 3.8) is 0 Å². The molecule has 2 saturated heterocycles. The predicted octanol–water partition coefficient (Wildman–Crippen LogP) is 1.13. The summed E-state index contributed by atoms with van der Waals surface area (Å²) in [5.41, 5.74) is 0.895. The van der Waals surface area contributed by atoms with Gasteiger partial charge in [-0.3, -0.25) is 9.69 Å². The molecule has 0 spiro atoms. The van der Waals surface area contributed by atoms with E-state index in [9.17, 15) is 9.59 Å². The number of carboxylic acid groups (broad SMARTS) is 1. The monoisotopic (exact) mass is 251 g/mol. The molecule has 0 aromatic carbocycles. The van der Waals surface area contributed by atoms with Crippen molar-refractivity contribution in [2.45, 2.75) is 18.7 Å². The van der Waals surface area contributed by atoms with Crippen LogP contribution in [0.3, 0.4) is 0 Å². The lowest BCUT2D eigenvalue weighted by molar-refractivity contribution is -0.163. The molecule has 2 aliphatic heterocycles. The Morgan fingerprint density at radius 2 is 2.47 bits per heavy atom. The maximum Gasteiger partial charge on any atom is 0.334 e. The summed E-state index contributed by atoms with van der Waals surface area (Å²) in [6.07, 6.45) is 1.56. The number of rotatable bonds is 2. The highest BCUT2D eigenvalue weighted by Gasteiger charge is 2.53. The molecule has 5 nitrogen and oxygen atoms in total. The van der Waals surface area contributed by atoms with Gasteiger partial charge in [0.1, 0.15) is 5.76 Å². The molecule has 2 aliphatic rings. The SMILES string of the molecule is O=C(O)C1C(=Cc2ccsc2)OC2CC(=O)N21. The van der Waals surface area contributed by atoms with Crippen LogP contribution in [0.5, 0.6) is 0 Å². The predicted molar refractivity (Wildman–Crippen MR) is 60.1 cm³/mol. The lowest BCUT2D eigenvalue weighted by Crippen LogP contribution is -2.54. The van der Waals surface area contributed by atoms with Gasteiger partial charge in [0.25, 0.3) is 0 Å². The number of aliphatic carboxylic acids is 1. The zero-order chi connectivity index (χ0) is 12.0. The van der Waals surface area contributed by atoms with Crippen molar-refractivity contribution in [1.82, 2.24) is 4.90 Å². The van der Waals surface area contributed by atoms with E-state index in [0.29, 0.717) is 5.76 Å². The molecule has 17 heavy (non-hydrogen) atoms. The maximum absolute atomic E-state index is 11.3. The Bertz CT molecular complexity index is 508.